The Morgan fingerprint density at radius 2 is 1.48 bits per heavy atom. The number of imidazole rings is 2. The second kappa shape index (κ2) is 14.6. The second-order valence-electron chi connectivity index (χ2n) is 11.6. The summed E-state index contributed by atoms with van der Waals surface area (Å²) in [6, 6.07) is 4.15. The molecule has 2 aromatic heterocycles. The zero-order valence-corrected chi connectivity index (χ0v) is 29.2. The number of esters is 1. The first-order valence-corrected chi connectivity index (χ1v) is 19.0. The smallest absolute Gasteiger partial charge is 0.357 e. The molecule has 52 heavy (non-hydrogen) atoms. The van der Waals surface area contributed by atoms with E-state index in [1.807, 2.05) is 0 Å². The first-order chi connectivity index (χ1) is 24.8. The number of nitrogens with zero attached hydrogens (tertiary/aromatic N) is 3. The van der Waals surface area contributed by atoms with Crippen molar-refractivity contribution in [1.29, 1.82) is 0 Å². The molecule has 0 spiro atoms. The number of carbonyl (C=O) groups is 2. The highest BCUT2D eigenvalue weighted by atomic mass is 32.2. The standard InChI is InChI=1S/C32H32F2N6O10S2/c1-3-51(43,44)40(28-13-20(34)11-24-22(7-9-48-32(24)28)27-15-36-17-38-27)50-30(42)5-4-29(41)49-18(2)52(45,46)39-25-12-19(33)10-23-21(6-8-47-31(23)25)26-14-35-16-37-26/h4-5,10-18,21-22,39H,3,6-9H2,1-2H3,(H,35,37)(H,36,38)/b5-4-. The van der Waals surface area contributed by atoms with Crippen LogP contribution >= 0.6 is 0 Å². The van der Waals surface area contributed by atoms with E-state index in [1.165, 1.54) is 37.9 Å². The average molecular weight is 763 g/mol. The quantitative estimate of drug-likeness (QED) is 0.107. The van der Waals surface area contributed by atoms with Crippen LogP contribution < -0.4 is 18.7 Å². The fourth-order valence-electron chi connectivity index (χ4n) is 5.81. The Morgan fingerprint density at radius 3 is 2.06 bits per heavy atom. The van der Waals surface area contributed by atoms with Crippen molar-refractivity contribution in [2.24, 2.45) is 0 Å². The normalized spacial score (nSPS) is 17.6. The Morgan fingerprint density at radius 1 is 0.923 bits per heavy atom. The number of halogens is 2. The van der Waals surface area contributed by atoms with E-state index < -0.39 is 66.4 Å². The summed E-state index contributed by atoms with van der Waals surface area (Å²) in [6.45, 7) is 2.60. The summed E-state index contributed by atoms with van der Waals surface area (Å²) in [7, 11) is -8.95. The van der Waals surface area contributed by atoms with E-state index in [-0.39, 0.29) is 46.4 Å². The number of carbonyl (C=O) groups excluding carboxylic acids is 2. The predicted octanol–water partition coefficient (Wildman–Crippen LogP) is 3.74. The van der Waals surface area contributed by atoms with Crippen molar-refractivity contribution in [3.8, 4) is 11.5 Å². The number of ether oxygens (including phenoxy) is 3. The number of anilines is 2. The highest BCUT2D eigenvalue weighted by molar-refractivity contribution is 7.93. The number of hydrogen-bond donors (Lipinski definition) is 3. The van der Waals surface area contributed by atoms with E-state index in [0.29, 0.717) is 41.9 Å². The number of hydrogen-bond acceptors (Lipinski definition) is 12. The molecule has 0 amide bonds. The van der Waals surface area contributed by atoms with Gasteiger partial charge in [-0.25, -0.2) is 45.2 Å². The van der Waals surface area contributed by atoms with Crippen LogP contribution in [0.4, 0.5) is 20.2 Å². The molecule has 0 aliphatic carbocycles. The van der Waals surface area contributed by atoms with Crippen molar-refractivity contribution in [3.63, 3.8) is 0 Å². The van der Waals surface area contributed by atoms with Crippen LogP contribution in [0.5, 0.6) is 11.5 Å². The lowest BCUT2D eigenvalue weighted by Crippen LogP contribution is -2.35. The zero-order valence-electron chi connectivity index (χ0n) is 27.5. The van der Waals surface area contributed by atoms with Gasteiger partial charge in [0.15, 0.2) is 5.75 Å². The van der Waals surface area contributed by atoms with E-state index in [9.17, 15) is 35.2 Å². The summed E-state index contributed by atoms with van der Waals surface area (Å²) < 4.78 is 101. The minimum Gasteiger partial charge on any atom is -0.491 e. The van der Waals surface area contributed by atoms with Crippen molar-refractivity contribution >= 4 is 43.4 Å². The SMILES string of the molecule is CCS(=O)(=O)N(OC(=O)/C=C\C(=O)OC(C)S(=O)(=O)Nc1cc(F)cc2c1OCCC2c1cnc[nH]1)c1cc(F)cc2c1OCCC2c1cnc[nH]1. The topological polar surface area (TPSA) is 212 Å². The fraction of sp³-hybridized carbons (Fsp3) is 0.312. The van der Waals surface area contributed by atoms with E-state index >= 15 is 0 Å². The molecule has 4 aromatic rings. The molecule has 2 aliphatic heterocycles. The predicted molar refractivity (Wildman–Crippen MR) is 179 cm³/mol. The van der Waals surface area contributed by atoms with Crippen molar-refractivity contribution in [1.82, 2.24) is 19.9 Å². The Kier molecular flexibility index (Phi) is 10.2. The van der Waals surface area contributed by atoms with Crippen LogP contribution in [-0.2, 0) is 39.2 Å². The van der Waals surface area contributed by atoms with Gasteiger partial charge in [-0.1, -0.05) is 4.47 Å². The van der Waals surface area contributed by atoms with Crippen LogP contribution in [0.3, 0.4) is 0 Å². The first-order valence-electron chi connectivity index (χ1n) is 15.8. The van der Waals surface area contributed by atoms with Crippen LogP contribution in [0.15, 0.2) is 61.5 Å². The Bertz CT molecular complexity index is 2220. The van der Waals surface area contributed by atoms with Crippen LogP contribution in [0, 0.1) is 11.6 Å². The molecule has 276 valence electrons. The molecular weight excluding hydrogens is 731 g/mol. The van der Waals surface area contributed by atoms with Gasteiger partial charge in [-0.3, -0.25) is 4.72 Å². The number of rotatable bonds is 12. The molecule has 2 aromatic carbocycles. The van der Waals surface area contributed by atoms with Gasteiger partial charge in [0, 0.05) is 71.0 Å². The number of sulfonamides is 2. The summed E-state index contributed by atoms with van der Waals surface area (Å²) in [6.07, 6.45) is 7.91. The minimum absolute atomic E-state index is 0.0474. The maximum absolute atomic E-state index is 14.9. The van der Waals surface area contributed by atoms with Crippen LogP contribution in [0.1, 0.15) is 61.0 Å². The molecule has 20 heteroatoms. The third-order valence-electron chi connectivity index (χ3n) is 8.31. The molecule has 0 saturated heterocycles. The maximum atomic E-state index is 14.9. The van der Waals surface area contributed by atoms with Gasteiger partial charge in [0.25, 0.3) is 20.0 Å². The van der Waals surface area contributed by atoms with Crippen LogP contribution in [0.25, 0.3) is 0 Å². The molecule has 3 unspecified atom stereocenters. The molecule has 6 rings (SSSR count). The lowest BCUT2D eigenvalue weighted by molar-refractivity contribution is -0.140. The Balaban J connectivity index is 1.16. The van der Waals surface area contributed by atoms with Gasteiger partial charge in [0.2, 0.25) is 5.44 Å². The molecule has 3 atom stereocenters. The highest BCUT2D eigenvalue weighted by Gasteiger charge is 2.35. The summed E-state index contributed by atoms with van der Waals surface area (Å²) in [5, 5.41) is 0. The monoisotopic (exact) mass is 762 g/mol. The molecule has 0 radical (unpaired) electrons. The lowest BCUT2D eigenvalue weighted by atomic mass is 9.90. The van der Waals surface area contributed by atoms with E-state index in [2.05, 4.69) is 24.7 Å². The molecule has 2 aliphatic rings. The van der Waals surface area contributed by atoms with Gasteiger partial charge < -0.3 is 29.0 Å². The molecule has 16 nitrogen and oxygen atoms in total. The molecule has 4 heterocycles. The molecular formula is C32H32F2N6O10S2. The summed E-state index contributed by atoms with van der Waals surface area (Å²) in [5.41, 5.74) is -0.561. The van der Waals surface area contributed by atoms with E-state index in [4.69, 9.17) is 19.0 Å². The zero-order chi connectivity index (χ0) is 37.2. The number of benzene rings is 2. The van der Waals surface area contributed by atoms with Crippen molar-refractivity contribution in [2.75, 3.05) is 28.2 Å². The van der Waals surface area contributed by atoms with E-state index in [0.717, 1.165) is 19.1 Å². The van der Waals surface area contributed by atoms with Gasteiger partial charge >= 0.3 is 11.9 Å². The van der Waals surface area contributed by atoms with Crippen LogP contribution in [-0.4, -0.2) is 73.1 Å². The summed E-state index contributed by atoms with van der Waals surface area (Å²) in [4.78, 5) is 44.4. The third-order valence-corrected chi connectivity index (χ3v) is 11.3. The summed E-state index contributed by atoms with van der Waals surface area (Å²) in [5.74, 6) is -5.66. The van der Waals surface area contributed by atoms with Gasteiger partial charge in [-0.05, 0) is 38.8 Å². The van der Waals surface area contributed by atoms with E-state index in [1.54, 1.807) is 6.20 Å². The van der Waals surface area contributed by atoms with Crippen molar-refractivity contribution < 1.29 is 54.3 Å². The maximum Gasteiger partial charge on any atom is 0.357 e. The summed E-state index contributed by atoms with van der Waals surface area (Å²) >= 11 is 0. The number of nitrogens with one attached hydrogen (secondary N) is 3. The fourth-order valence-corrected chi connectivity index (χ4v) is 7.52. The number of aromatic nitrogens is 4. The van der Waals surface area contributed by atoms with Gasteiger partial charge in [-0.15, -0.1) is 0 Å². The molecule has 0 bridgehead atoms. The number of fused-ring (bicyclic) bond motifs is 2. The van der Waals surface area contributed by atoms with Gasteiger partial charge in [0.1, 0.15) is 23.1 Å². The lowest BCUT2D eigenvalue weighted by Gasteiger charge is -2.30. The average Bonchev–Trinajstić information content (AvgIpc) is 3.84. The number of aromatic amines is 2. The van der Waals surface area contributed by atoms with Crippen LogP contribution in [0.2, 0.25) is 0 Å². The number of H-pyrrole nitrogens is 2. The Labute approximate surface area is 296 Å². The molecule has 0 fully saturated rings. The van der Waals surface area contributed by atoms with Gasteiger partial charge in [-0.2, -0.15) is 0 Å². The van der Waals surface area contributed by atoms with Gasteiger partial charge in [0.05, 0.1) is 37.3 Å². The largest absolute Gasteiger partial charge is 0.491 e. The van der Waals surface area contributed by atoms with Crippen molar-refractivity contribution in [2.45, 2.75) is 44.0 Å². The third kappa shape index (κ3) is 7.57. The Hall–Kier alpha value is -5.50. The second-order valence-corrected chi connectivity index (χ2v) is 15.7. The molecule has 0 saturated carbocycles. The molecule has 3 N–H and O–H groups in total. The first kappa shape index (κ1) is 36.3. The van der Waals surface area contributed by atoms with Crippen molar-refractivity contribution in [3.05, 3.63) is 95.6 Å². The highest BCUT2D eigenvalue weighted by Crippen LogP contribution is 2.45. The minimum atomic E-state index is -4.53.